The Morgan fingerprint density at radius 3 is 2.62 bits per heavy atom. The molecule has 1 N–H and O–H groups in total. The van der Waals surface area contributed by atoms with E-state index in [2.05, 4.69) is 20.4 Å². The van der Waals surface area contributed by atoms with Crippen molar-refractivity contribution in [2.45, 2.75) is 13.5 Å². The van der Waals surface area contributed by atoms with Crippen LogP contribution in [0.5, 0.6) is 5.75 Å². The Bertz CT molecular complexity index is 688. The van der Waals surface area contributed by atoms with Crippen LogP contribution >= 0.6 is 0 Å². The normalized spacial score (nSPS) is 10.9. The number of alkyl halides is 2. The Kier molecular flexibility index (Phi) is 5.80. The minimum absolute atomic E-state index is 0.0506. The number of nitrogens with zero attached hydrogens (tertiary/aromatic N) is 4. The van der Waals surface area contributed by atoms with Gasteiger partial charge in [-0.2, -0.15) is 8.78 Å². The number of carbonyl (C=O) groups is 1. The molecule has 1 aromatic heterocycles. The van der Waals surface area contributed by atoms with Crippen LogP contribution in [0.4, 0.5) is 8.78 Å². The fourth-order valence-electron chi connectivity index (χ4n) is 2.10. The number of aromatic nitrogens is 3. The average Bonchev–Trinajstić information content (AvgIpc) is 2.93. The summed E-state index contributed by atoms with van der Waals surface area (Å²) in [5.74, 6) is -0.179. The molecule has 1 amide bonds. The summed E-state index contributed by atoms with van der Waals surface area (Å²) in [4.78, 5) is 13.9. The van der Waals surface area contributed by atoms with E-state index in [0.29, 0.717) is 24.5 Å². The molecule has 130 valence electrons. The summed E-state index contributed by atoms with van der Waals surface area (Å²) in [6, 6.07) is 5.95. The third-order valence-corrected chi connectivity index (χ3v) is 3.45. The van der Waals surface area contributed by atoms with Crippen molar-refractivity contribution in [3.8, 4) is 11.4 Å². The van der Waals surface area contributed by atoms with Crippen LogP contribution in [0.25, 0.3) is 5.69 Å². The van der Waals surface area contributed by atoms with E-state index in [1.807, 2.05) is 0 Å². The fourth-order valence-corrected chi connectivity index (χ4v) is 2.10. The molecule has 1 aromatic carbocycles. The Morgan fingerprint density at radius 1 is 1.38 bits per heavy atom. The van der Waals surface area contributed by atoms with Crippen LogP contribution in [-0.4, -0.2) is 59.6 Å². The van der Waals surface area contributed by atoms with Crippen LogP contribution in [0.2, 0.25) is 0 Å². The second kappa shape index (κ2) is 7.82. The molecule has 0 fully saturated rings. The SMILES string of the molecule is CNCCN(C)C(=O)c1nnn(-c2ccc(OC(F)F)cc2)c1C. The minimum atomic E-state index is -2.87. The first-order valence-corrected chi connectivity index (χ1v) is 7.31. The van der Waals surface area contributed by atoms with Gasteiger partial charge in [0, 0.05) is 20.1 Å². The van der Waals surface area contributed by atoms with Crippen molar-refractivity contribution >= 4 is 5.91 Å². The highest BCUT2D eigenvalue weighted by Gasteiger charge is 2.20. The van der Waals surface area contributed by atoms with Gasteiger partial charge in [0.15, 0.2) is 5.69 Å². The molecule has 0 bridgehead atoms. The van der Waals surface area contributed by atoms with Crippen LogP contribution in [0.15, 0.2) is 24.3 Å². The van der Waals surface area contributed by atoms with Crippen molar-refractivity contribution in [3.63, 3.8) is 0 Å². The lowest BCUT2D eigenvalue weighted by atomic mass is 10.2. The van der Waals surface area contributed by atoms with Gasteiger partial charge in [-0.3, -0.25) is 4.79 Å². The molecule has 1 heterocycles. The van der Waals surface area contributed by atoms with Crippen LogP contribution in [0.1, 0.15) is 16.2 Å². The van der Waals surface area contributed by atoms with E-state index in [4.69, 9.17) is 0 Å². The first kappa shape index (κ1) is 17.8. The molecule has 0 atom stereocenters. The van der Waals surface area contributed by atoms with Gasteiger partial charge in [-0.05, 0) is 38.2 Å². The maximum atomic E-state index is 12.4. The van der Waals surface area contributed by atoms with Crippen molar-refractivity contribution < 1.29 is 18.3 Å². The molecule has 24 heavy (non-hydrogen) atoms. The standard InChI is InChI=1S/C15H19F2N5O2/c1-10-13(14(23)21(3)9-8-18-2)19-20-22(10)11-4-6-12(7-5-11)24-15(16)17/h4-7,15,18H,8-9H2,1-3H3. The molecule has 7 nitrogen and oxygen atoms in total. The number of ether oxygens (including phenoxy) is 1. The van der Waals surface area contributed by atoms with E-state index >= 15 is 0 Å². The maximum absolute atomic E-state index is 12.4. The van der Waals surface area contributed by atoms with Gasteiger partial charge in [0.05, 0.1) is 11.4 Å². The zero-order chi connectivity index (χ0) is 17.7. The molecule has 0 aliphatic carbocycles. The summed E-state index contributed by atoms with van der Waals surface area (Å²) in [6.45, 7) is 0.0618. The summed E-state index contributed by atoms with van der Waals surface area (Å²) in [6.07, 6.45) is 0. The first-order chi connectivity index (χ1) is 11.4. The van der Waals surface area contributed by atoms with Crippen LogP contribution < -0.4 is 10.1 Å². The number of likely N-dealkylation sites (N-methyl/N-ethyl adjacent to an activating group) is 2. The van der Waals surface area contributed by atoms with Gasteiger partial charge in [-0.1, -0.05) is 5.21 Å². The highest BCUT2D eigenvalue weighted by molar-refractivity contribution is 5.93. The lowest BCUT2D eigenvalue weighted by molar-refractivity contribution is -0.0498. The number of nitrogens with one attached hydrogen (secondary N) is 1. The molecule has 0 saturated carbocycles. The zero-order valence-electron chi connectivity index (χ0n) is 13.7. The predicted molar refractivity (Wildman–Crippen MR) is 83.6 cm³/mol. The van der Waals surface area contributed by atoms with E-state index in [9.17, 15) is 13.6 Å². The quantitative estimate of drug-likeness (QED) is 0.827. The predicted octanol–water partition coefficient (Wildman–Crippen LogP) is 1.47. The number of amides is 1. The van der Waals surface area contributed by atoms with Gasteiger partial charge < -0.3 is 15.0 Å². The van der Waals surface area contributed by atoms with Gasteiger partial charge in [0.1, 0.15) is 5.75 Å². The summed E-state index contributed by atoms with van der Waals surface area (Å²) >= 11 is 0. The number of halogens is 2. The number of hydrogen-bond donors (Lipinski definition) is 1. The van der Waals surface area contributed by atoms with E-state index in [1.165, 1.54) is 16.8 Å². The maximum Gasteiger partial charge on any atom is 0.387 e. The molecule has 0 radical (unpaired) electrons. The highest BCUT2D eigenvalue weighted by atomic mass is 19.3. The molecule has 2 aromatic rings. The van der Waals surface area contributed by atoms with Gasteiger partial charge >= 0.3 is 6.61 Å². The lowest BCUT2D eigenvalue weighted by Gasteiger charge is -2.15. The summed E-state index contributed by atoms with van der Waals surface area (Å²) < 4.78 is 30.1. The van der Waals surface area contributed by atoms with Crippen molar-refractivity contribution in [3.05, 3.63) is 35.7 Å². The van der Waals surface area contributed by atoms with Crippen molar-refractivity contribution in [1.29, 1.82) is 0 Å². The summed E-state index contributed by atoms with van der Waals surface area (Å²) in [7, 11) is 3.50. The Morgan fingerprint density at radius 2 is 2.04 bits per heavy atom. The van der Waals surface area contributed by atoms with Gasteiger partial charge in [-0.15, -0.1) is 5.10 Å². The molecule has 9 heteroatoms. The minimum Gasteiger partial charge on any atom is -0.435 e. The average molecular weight is 339 g/mol. The number of rotatable bonds is 7. The van der Waals surface area contributed by atoms with Crippen molar-refractivity contribution in [1.82, 2.24) is 25.2 Å². The number of benzene rings is 1. The Balaban J connectivity index is 2.18. The molecule has 0 aliphatic heterocycles. The van der Waals surface area contributed by atoms with Gasteiger partial charge in [0.2, 0.25) is 0 Å². The molecule has 0 unspecified atom stereocenters. The molecular weight excluding hydrogens is 320 g/mol. The van der Waals surface area contributed by atoms with E-state index in [-0.39, 0.29) is 17.4 Å². The monoisotopic (exact) mass is 339 g/mol. The Labute approximate surface area is 138 Å². The number of carbonyl (C=O) groups excluding carboxylic acids is 1. The van der Waals surface area contributed by atoms with Gasteiger partial charge in [0.25, 0.3) is 5.91 Å². The zero-order valence-corrected chi connectivity index (χ0v) is 13.7. The largest absolute Gasteiger partial charge is 0.435 e. The topological polar surface area (TPSA) is 72.3 Å². The third kappa shape index (κ3) is 4.05. The first-order valence-electron chi connectivity index (χ1n) is 7.31. The molecule has 0 aliphatic rings. The van der Waals surface area contributed by atoms with Crippen molar-refractivity contribution in [2.75, 3.05) is 27.2 Å². The molecule has 0 spiro atoms. The van der Waals surface area contributed by atoms with Crippen LogP contribution in [-0.2, 0) is 0 Å². The van der Waals surface area contributed by atoms with Crippen LogP contribution in [0.3, 0.4) is 0 Å². The summed E-state index contributed by atoms with van der Waals surface area (Å²) in [5.41, 5.74) is 1.42. The highest BCUT2D eigenvalue weighted by Crippen LogP contribution is 2.19. The van der Waals surface area contributed by atoms with Crippen LogP contribution in [0, 0.1) is 6.92 Å². The second-order valence-electron chi connectivity index (χ2n) is 5.14. The van der Waals surface area contributed by atoms with E-state index in [1.54, 1.807) is 38.1 Å². The summed E-state index contributed by atoms with van der Waals surface area (Å²) in [5, 5.41) is 10.9. The van der Waals surface area contributed by atoms with E-state index < -0.39 is 6.61 Å². The third-order valence-electron chi connectivity index (χ3n) is 3.45. The number of hydrogen-bond acceptors (Lipinski definition) is 5. The fraction of sp³-hybridized carbons (Fsp3) is 0.400. The van der Waals surface area contributed by atoms with E-state index in [0.717, 1.165) is 0 Å². The van der Waals surface area contributed by atoms with Crippen molar-refractivity contribution in [2.24, 2.45) is 0 Å². The lowest BCUT2D eigenvalue weighted by Crippen LogP contribution is -2.33. The van der Waals surface area contributed by atoms with Gasteiger partial charge in [-0.25, -0.2) is 4.68 Å². The second-order valence-corrected chi connectivity index (χ2v) is 5.14. The molecular formula is C15H19F2N5O2. The smallest absolute Gasteiger partial charge is 0.387 e. The molecule has 0 saturated heterocycles. The Hall–Kier alpha value is -2.55. The molecule has 2 rings (SSSR count).